The Morgan fingerprint density at radius 2 is 1.81 bits per heavy atom. The number of aromatic nitrogens is 4. The van der Waals surface area contributed by atoms with Crippen molar-refractivity contribution in [1.29, 1.82) is 0 Å². The Morgan fingerprint density at radius 1 is 1.06 bits per heavy atom. The fraction of sp³-hybridized carbons (Fsp3) is 0.280. The third kappa shape index (κ3) is 4.84. The van der Waals surface area contributed by atoms with Gasteiger partial charge in [0.05, 0.1) is 29.4 Å². The number of nitrogens with zero attached hydrogens (tertiary/aromatic N) is 5. The normalized spacial score (nSPS) is 11.2. The van der Waals surface area contributed by atoms with E-state index in [4.69, 9.17) is 4.98 Å². The number of fused-ring (bicyclic) bond motifs is 1. The summed E-state index contributed by atoms with van der Waals surface area (Å²) in [6.07, 6.45) is 5.26. The summed E-state index contributed by atoms with van der Waals surface area (Å²) >= 11 is 0. The summed E-state index contributed by atoms with van der Waals surface area (Å²) in [5.74, 6) is -0.106. The van der Waals surface area contributed by atoms with Crippen molar-refractivity contribution in [2.75, 3.05) is 26.2 Å². The van der Waals surface area contributed by atoms with E-state index in [0.717, 1.165) is 41.8 Å². The average Bonchev–Trinajstić information content (AvgIpc) is 3.25. The third-order valence-corrected chi connectivity index (χ3v) is 5.61. The molecular formula is C25H28N6O. The van der Waals surface area contributed by atoms with E-state index in [2.05, 4.69) is 34.1 Å². The van der Waals surface area contributed by atoms with Crippen molar-refractivity contribution in [2.45, 2.75) is 20.4 Å². The highest BCUT2D eigenvalue weighted by molar-refractivity contribution is 6.06. The average molecular weight is 429 g/mol. The zero-order valence-corrected chi connectivity index (χ0v) is 18.5. The van der Waals surface area contributed by atoms with Crippen molar-refractivity contribution < 1.29 is 4.79 Å². The molecule has 3 heterocycles. The Bertz CT molecular complexity index is 1170. The Hall–Kier alpha value is -3.58. The molecule has 0 bridgehead atoms. The molecule has 7 heteroatoms. The molecule has 1 aromatic carbocycles. The van der Waals surface area contributed by atoms with Crippen LogP contribution < -0.4 is 5.32 Å². The van der Waals surface area contributed by atoms with Crippen LogP contribution in [0.5, 0.6) is 0 Å². The van der Waals surface area contributed by atoms with Gasteiger partial charge in [-0.3, -0.25) is 9.78 Å². The Balaban J connectivity index is 1.70. The van der Waals surface area contributed by atoms with Crippen LogP contribution in [0.1, 0.15) is 29.8 Å². The monoisotopic (exact) mass is 428 g/mol. The van der Waals surface area contributed by atoms with Gasteiger partial charge in [0.2, 0.25) is 0 Å². The Labute approximate surface area is 188 Å². The molecule has 0 unspecified atom stereocenters. The van der Waals surface area contributed by atoms with Crippen molar-refractivity contribution in [3.63, 3.8) is 0 Å². The first-order valence-corrected chi connectivity index (χ1v) is 11.0. The number of rotatable bonds is 9. The summed E-state index contributed by atoms with van der Waals surface area (Å²) < 4.78 is 1.84. The maximum absolute atomic E-state index is 13.2. The Kier molecular flexibility index (Phi) is 6.87. The van der Waals surface area contributed by atoms with Crippen molar-refractivity contribution in [3.05, 3.63) is 78.2 Å². The minimum atomic E-state index is -0.106. The number of nitrogens with one attached hydrogen (secondary N) is 1. The van der Waals surface area contributed by atoms with E-state index in [1.165, 1.54) is 0 Å². The quantitative estimate of drug-likeness (QED) is 0.441. The minimum Gasteiger partial charge on any atom is -0.351 e. The van der Waals surface area contributed by atoms with Gasteiger partial charge in [-0.1, -0.05) is 44.2 Å². The second-order valence-corrected chi connectivity index (χ2v) is 7.60. The van der Waals surface area contributed by atoms with Crippen LogP contribution >= 0.6 is 0 Å². The van der Waals surface area contributed by atoms with E-state index in [1.807, 2.05) is 53.2 Å². The SMILES string of the molecule is CCN(CC)CCNC(=O)c1cc(-c2ccccc2)nc2c1cnn2Cc1ccncc1. The maximum Gasteiger partial charge on any atom is 0.252 e. The van der Waals surface area contributed by atoms with Gasteiger partial charge >= 0.3 is 0 Å². The van der Waals surface area contributed by atoms with E-state index in [-0.39, 0.29) is 5.91 Å². The summed E-state index contributed by atoms with van der Waals surface area (Å²) in [5.41, 5.74) is 4.07. The predicted octanol–water partition coefficient (Wildman–Crippen LogP) is 3.61. The maximum atomic E-state index is 13.2. The van der Waals surface area contributed by atoms with Crippen LogP contribution in [0.25, 0.3) is 22.3 Å². The molecule has 164 valence electrons. The number of benzene rings is 1. The van der Waals surface area contributed by atoms with Crippen molar-refractivity contribution in [2.24, 2.45) is 0 Å². The molecule has 0 aliphatic rings. The van der Waals surface area contributed by atoms with E-state index in [9.17, 15) is 4.79 Å². The number of hydrogen-bond donors (Lipinski definition) is 1. The second-order valence-electron chi connectivity index (χ2n) is 7.60. The topological polar surface area (TPSA) is 75.9 Å². The van der Waals surface area contributed by atoms with E-state index in [0.29, 0.717) is 24.3 Å². The molecule has 1 N–H and O–H groups in total. The molecule has 0 saturated carbocycles. The standard InChI is InChI=1S/C25H28N6O/c1-3-30(4-2)15-14-27-25(32)21-16-23(20-8-6-5-7-9-20)29-24-22(21)17-28-31(24)18-19-10-12-26-13-11-19/h5-13,16-17H,3-4,14-15,18H2,1-2H3,(H,27,32). The number of amides is 1. The largest absolute Gasteiger partial charge is 0.351 e. The van der Waals surface area contributed by atoms with Gasteiger partial charge in [0.25, 0.3) is 5.91 Å². The van der Waals surface area contributed by atoms with Crippen molar-refractivity contribution >= 4 is 16.9 Å². The van der Waals surface area contributed by atoms with Crippen LogP contribution in [-0.2, 0) is 6.54 Å². The highest BCUT2D eigenvalue weighted by Crippen LogP contribution is 2.25. The summed E-state index contributed by atoms with van der Waals surface area (Å²) in [6, 6.07) is 15.7. The van der Waals surface area contributed by atoms with Gasteiger partial charge in [0.15, 0.2) is 5.65 Å². The van der Waals surface area contributed by atoms with Crippen LogP contribution in [0.15, 0.2) is 67.1 Å². The van der Waals surface area contributed by atoms with Gasteiger partial charge in [-0.2, -0.15) is 5.10 Å². The lowest BCUT2D eigenvalue weighted by molar-refractivity contribution is 0.0950. The van der Waals surface area contributed by atoms with Gasteiger partial charge in [0.1, 0.15) is 0 Å². The molecule has 0 fully saturated rings. The van der Waals surface area contributed by atoms with E-state index < -0.39 is 0 Å². The Morgan fingerprint density at radius 3 is 2.53 bits per heavy atom. The van der Waals surface area contributed by atoms with Gasteiger partial charge in [0, 0.05) is 31.0 Å². The van der Waals surface area contributed by atoms with E-state index in [1.54, 1.807) is 18.6 Å². The fourth-order valence-corrected chi connectivity index (χ4v) is 3.73. The first-order valence-electron chi connectivity index (χ1n) is 11.0. The van der Waals surface area contributed by atoms with Gasteiger partial charge < -0.3 is 10.2 Å². The molecule has 7 nitrogen and oxygen atoms in total. The first kappa shape index (κ1) is 21.6. The molecule has 0 atom stereocenters. The summed E-state index contributed by atoms with van der Waals surface area (Å²) in [6.45, 7) is 8.15. The zero-order valence-electron chi connectivity index (χ0n) is 18.5. The lowest BCUT2D eigenvalue weighted by Crippen LogP contribution is -2.34. The molecule has 1 amide bonds. The lowest BCUT2D eigenvalue weighted by Gasteiger charge is -2.18. The number of hydrogen-bond acceptors (Lipinski definition) is 5. The van der Waals surface area contributed by atoms with Gasteiger partial charge in [-0.05, 0) is 36.9 Å². The third-order valence-electron chi connectivity index (χ3n) is 5.61. The van der Waals surface area contributed by atoms with Crippen LogP contribution in [0.3, 0.4) is 0 Å². The highest BCUT2D eigenvalue weighted by atomic mass is 16.1. The molecule has 0 aliphatic carbocycles. The highest BCUT2D eigenvalue weighted by Gasteiger charge is 2.18. The van der Waals surface area contributed by atoms with Crippen LogP contribution in [0.4, 0.5) is 0 Å². The number of carbonyl (C=O) groups is 1. The molecule has 4 rings (SSSR count). The molecule has 4 aromatic rings. The molecule has 0 radical (unpaired) electrons. The minimum absolute atomic E-state index is 0.106. The smallest absolute Gasteiger partial charge is 0.252 e. The van der Waals surface area contributed by atoms with Crippen molar-refractivity contribution in [3.8, 4) is 11.3 Å². The predicted molar refractivity (Wildman–Crippen MR) is 126 cm³/mol. The van der Waals surface area contributed by atoms with Gasteiger partial charge in [-0.15, -0.1) is 0 Å². The number of pyridine rings is 2. The molecule has 0 spiro atoms. The summed E-state index contributed by atoms with van der Waals surface area (Å²) in [4.78, 5) is 24.4. The lowest BCUT2D eigenvalue weighted by atomic mass is 10.1. The van der Waals surface area contributed by atoms with E-state index >= 15 is 0 Å². The molecule has 0 aliphatic heterocycles. The number of carbonyl (C=O) groups excluding carboxylic acids is 1. The molecular weight excluding hydrogens is 400 g/mol. The van der Waals surface area contributed by atoms with Crippen molar-refractivity contribution in [1.82, 2.24) is 30.0 Å². The van der Waals surface area contributed by atoms with Crippen LogP contribution in [0.2, 0.25) is 0 Å². The molecule has 0 saturated heterocycles. The second kappa shape index (κ2) is 10.2. The van der Waals surface area contributed by atoms with Crippen LogP contribution in [-0.4, -0.2) is 56.7 Å². The summed E-state index contributed by atoms with van der Waals surface area (Å²) in [7, 11) is 0. The van der Waals surface area contributed by atoms with Crippen LogP contribution in [0, 0.1) is 0 Å². The fourth-order valence-electron chi connectivity index (χ4n) is 3.73. The van der Waals surface area contributed by atoms with Gasteiger partial charge in [-0.25, -0.2) is 9.67 Å². The zero-order chi connectivity index (χ0) is 22.3. The molecule has 32 heavy (non-hydrogen) atoms. The number of likely N-dealkylation sites (N-methyl/N-ethyl adjacent to an activating group) is 1. The molecule has 3 aromatic heterocycles. The summed E-state index contributed by atoms with van der Waals surface area (Å²) in [5, 5.41) is 8.37. The first-order chi connectivity index (χ1) is 15.7.